The van der Waals surface area contributed by atoms with E-state index in [0.29, 0.717) is 13.2 Å². The van der Waals surface area contributed by atoms with Gasteiger partial charge < -0.3 is 9.47 Å². The van der Waals surface area contributed by atoms with Crippen molar-refractivity contribution in [1.29, 1.82) is 0 Å². The molecule has 16 heavy (non-hydrogen) atoms. The van der Waals surface area contributed by atoms with Gasteiger partial charge in [0.25, 0.3) is 0 Å². The molecule has 0 N–H and O–H groups in total. The molecule has 1 aromatic rings. The Labute approximate surface area is 129 Å². The molecule has 1 aromatic carbocycles. The van der Waals surface area contributed by atoms with E-state index in [9.17, 15) is 0 Å². The molecule has 2 nitrogen and oxygen atoms in total. The average molecular weight is 482 g/mol. The van der Waals surface area contributed by atoms with E-state index < -0.39 is 0 Å². The summed E-state index contributed by atoms with van der Waals surface area (Å²) in [5.41, 5.74) is 1.04. The molecule has 0 aliphatic heterocycles. The van der Waals surface area contributed by atoms with Gasteiger partial charge in [0.15, 0.2) is 0 Å². The zero-order valence-corrected chi connectivity index (χ0v) is 15.1. The van der Waals surface area contributed by atoms with Gasteiger partial charge in [0.1, 0.15) is 5.75 Å². The fourth-order valence-corrected chi connectivity index (χ4v) is 3.88. The predicted molar refractivity (Wildman–Crippen MR) is 79.1 cm³/mol. The SMILES string of the molecule is CCOCc1c(Br)c(Br)c(OC)c(Br)c1Br. The molecule has 0 heterocycles. The van der Waals surface area contributed by atoms with Gasteiger partial charge in [-0.15, -0.1) is 0 Å². The van der Waals surface area contributed by atoms with Crippen molar-refractivity contribution < 1.29 is 9.47 Å². The van der Waals surface area contributed by atoms with Gasteiger partial charge >= 0.3 is 0 Å². The van der Waals surface area contributed by atoms with Crippen LogP contribution in [0.15, 0.2) is 17.9 Å². The number of methoxy groups -OCH3 is 1. The Morgan fingerprint density at radius 1 is 0.938 bits per heavy atom. The zero-order chi connectivity index (χ0) is 12.3. The van der Waals surface area contributed by atoms with Crippen molar-refractivity contribution in [2.75, 3.05) is 13.7 Å². The maximum atomic E-state index is 5.42. The number of rotatable bonds is 4. The molecule has 0 spiro atoms. The van der Waals surface area contributed by atoms with Crippen LogP contribution in [0.1, 0.15) is 12.5 Å². The monoisotopic (exact) mass is 478 g/mol. The van der Waals surface area contributed by atoms with Gasteiger partial charge in [0.05, 0.1) is 22.7 Å². The van der Waals surface area contributed by atoms with Crippen molar-refractivity contribution in [3.8, 4) is 5.75 Å². The van der Waals surface area contributed by atoms with Crippen LogP contribution in [-0.4, -0.2) is 13.7 Å². The third-order valence-electron chi connectivity index (χ3n) is 1.97. The summed E-state index contributed by atoms with van der Waals surface area (Å²) in [4.78, 5) is 0. The Hall–Kier alpha value is 0.900. The minimum absolute atomic E-state index is 0.541. The predicted octanol–water partition coefficient (Wildman–Crippen LogP) is 5.28. The summed E-state index contributed by atoms with van der Waals surface area (Å²) in [6, 6.07) is 0. The molecule has 1 rings (SSSR count). The van der Waals surface area contributed by atoms with E-state index in [4.69, 9.17) is 9.47 Å². The second-order valence-corrected chi connectivity index (χ2v) is 6.08. The van der Waals surface area contributed by atoms with E-state index in [1.165, 1.54) is 0 Å². The van der Waals surface area contributed by atoms with E-state index in [1.54, 1.807) is 7.11 Å². The second-order valence-electron chi connectivity index (χ2n) is 2.90. The first kappa shape index (κ1) is 15.0. The van der Waals surface area contributed by atoms with Crippen molar-refractivity contribution >= 4 is 63.7 Å². The molecule has 0 atom stereocenters. The summed E-state index contributed by atoms with van der Waals surface area (Å²) in [6.45, 7) is 3.19. The lowest BCUT2D eigenvalue weighted by Gasteiger charge is -2.15. The Morgan fingerprint density at radius 3 is 1.81 bits per heavy atom. The smallest absolute Gasteiger partial charge is 0.149 e. The molecule has 90 valence electrons. The van der Waals surface area contributed by atoms with Gasteiger partial charge in [0, 0.05) is 21.1 Å². The molecule has 0 unspecified atom stereocenters. The topological polar surface area (TPSA) is 18.5 Å². The molecule has 0 saturated heterocycles. The third kappa shape index (κ3) is 3.02. The normalized spacial score (nSPS) is 10.6. The quantitative estimate of drug-likeness (QED) is 0.545. The van der Waals surface area contributed by atoms with Crippen LogP contribution in [0.3, 0.4) is 0 Å². The first-order valence-corrected chi connectivity index (χ1v) is 7.68. The van der Waals surface area contributed by atoms with Crippen molar-refractivity contribution in [3.63, 3.8) is 0 Å². The zero-order valence-electron chi connectivity index (χ0n) is 8.74. The van der Waals surface area contributed by atoms with E-state index in [0.717, 1.165) is 29.2 Å². The fraction of sp³-hybridized carbons (Fsp3) is 0.400. The van der Waals surface area contributed by atoms with Crippen LogP contribution < -0.4 is 4.74 Å². The summed E-state index contributed by atoms with van der Waals surface area (Å²) >= 11 is 14.0. The van der Waals surface area contributed by atoms with Crippen LogP contribution in [-0.2, 0) is 11.3 Å². The molecule has 0 aliphatic rings. The lowest BCUT2D eigenvalue weighted by molar-refractivity contribution is 0.133. The molecule has 6 heteroatoms. The molecule has 0 bridgehead atoms. The molecule has 0 radical (unpaired) electrons. The number of halogens is 4. The molecule has 0 fully saturated rings. The van der Waals surface area contributed by atoms with Gasteiger partial charge in [-0.1, -0.05) is 0 Å². The van der Waals surface area contributed by atoms with E-state index in [1.807, 2.05) is 6.92 Å². The lowest BCUT2D eigenvalue weighted by Crippen LogP contribution is -1.98. The van der Waals surface area contributed by atoms with Crippen molar-refractivity contribution in [2.45, 2.75) is 13.5 Å². The van der Waals surface area contributed by atoms with Crippen LogP contribution in [0.5, 0.6) is 5.75 Å². The van der Waals surface area contributed by atoms with Crippen LogP contribution >= 0.6 is 63.7 Å². The highest BCUT2D eigenvalue weighted by molar-refractivity contribution is 9.14. The highest BCUT2D eigenvalue weighted by atomic mass is 79.9. The minimum atomic E-state index is 0.541. The van der Waals surface area contributed by atoms with Crippen LogP contribution in [0.2, 0.25) is 0 Å². The Kier molecular flexibility index (Phi) is 6.29. The van der Waals surface area contributed by atoms with Crippen LogP contribution in [0, 0.1) is 0 Å². The molecular formula is C10H10Br4O2. The van der Waals surface area contributed by atoms with Gasteiger partial charge in [-0.25, -0.2) is 0 Å². The lowest BCUT2D eigenvalue weighted by atomic mass is 10.2. The molecule has 0 aliphatic carbocycles. The van der Waals surface area contributed by atoms with E-state index in [-0.39, 0.29) is 0 Å². The standard InChI is InChI=1S/C10H10Br4O2/c1-3-16-4-5-6(11)8(13)10(15-2)9(14)7(5)12/h3-4H2,1-2H3. The van der Waals surface area contributed by atoms with E-state index >= 15 is 0 Å². The van der Waals surface area contributed by atoms with Crippen molar-refractivity contribution in [2.24, 2.45) is 0 Å². The summed E-state index contributed by atoms with van der Waals surface area (Å²) in [7, 11) is 1.63. The third-order valence-corrected chi connectivity index (χ3v) is 6.30. The molecule has 0 amide bonds. The number of ether oxygens (including phenoxy) is 2. The molecule has 0 saturated carbocycles. The highest BCUT2D eigenvalue weighted by Crippen LogP contribution is 2.46. The van der Waals surface area contributed by atoms with Gasteiger partial charge in [-0.3, -0.25) is 0 Å². The fourth-order valence-electron chi connectivity index (χ4n) is 1.17. The summed E-state index contributed by atoms with van der Waals surface area (Å²) < 4.78 is 14.3. The van der Waals surface area contributed by atoms with E-state index in [2.05, 4.69) is 63.7 Å². The maximum Gasteiger partial charge on any atom is 0.149 e. The average Bonchev–Trinajstić information content (AvgIpc) is 2.27. The van der Waals surface area contributed by atoms with Crippen LogP contribution in [0.25, 0.3) is 0 Å². The van der Waals surface area contributed by atoms with Crippen molar-refractivity contribution in [1.82, 2.24) is 0 Å². The van der Waals surface area contributed by atoms with Gasteiger partial charge in [-0.05, 0) is 70.6 Å². The summed E-state index contributed by atoms with van der Waals surface area (Å²) in [5, 5.41) is 0. The second kappa shape index (κ2) is 6.73. The first-order chi connectivity index (χ1) is 7.54. The van der Waals surface area contributed by atoms with Crippen LogP contribution in [0.4, 0.5) is 0 Å². The minimum Gasteiger partial charge on any atom is -0.494 e. The van der Waals surface area contributed by atoms with Gasteiger partial charge in [-0.2, -0.15) is 0 Å². The molecular weight excluding hydrogens is 472 g/mol. The summed E-state index contributed by atoms with van der Waals surface area (Å²) in [6.07, 6.45) is 0. The maximum absolute atomic E-state index is 5.42. The number of hydrogen-bond acceptors (Lipinski definition) is 2. The Bertz CT molecular complexity index is 364. The number of benzene rings is 1. The van der Waals surface area contributed by atoms with Gasteiger partial charge in [0.2, 0.25) is 0 Å². The number of hydrogen-bond donors (Lipinski definition) is 0. The largest absolute Gasteiger partial charge is 0.494 e. The Balaban J connectivity index is 3.29. The Morgan fingerprint density at radius 2 is 1.44 bits per heavy atom. The highest BCUT2D eigenvalue weighted by Gasteiger charge is 2.19. The summed E-state index contributed by atoms with van der Waals surface area (Å²) in [5.74, 6) is 0.749. The molecule has 0 aromatic heterocycles. The first-order valence-electron chi connectivity index (χ1n) is 4.51. The van der Waals surface area contributed by atoms with Crippen molar-refractivity contribution in [3.05, 3.63) is 23.5 Å².